The highest BCUT2D eigenvalue weighted by molar-refractivity contribution is 6.32. The summed E-state index contributed by atoms with van der Waals surface area (Å²) in [7, 11) is 1.80. The summed E-state index contributed by atoms with van der Waals surface area (Å²) in [5, 5.41) is 10.2. The van der Waals surface area contributed by atoms with Crippen molar-refractivity contribution in [3.8, 4) is 11.3 Å². The van der Waals surface area contributed by atoms with Crippen molar-refractivity contribution >= 4 is 17.3 Å². The molecule has 2 heterocycles. The van der Waals surface area contributed by atoms with E-state index in [4.69, 9.17) is 11.6 Å². The van der Waals surface area contributed by atoms with Gasteiger partial charge in [-0.05, 0) is 12.1 Å². The van der Waals surface area contributed by atoms with Gasteiger partial charge in [0.2, 0.25) is 0 Å². The molecular formula is C9H9ClN4. The molecular weight excluding hydrogens is 200 g/mol. The molecule has 2 aromatic heterocycles. The third-order valence-electron chi connectivity index (χ3n) is 1.92. The molecule has 5 heteroatoms. The van der Waals surface area contributed by atoms with Crippen LogP contribution in [0.4, 0.5) is 5.69 Å². The number of hydrogen-bond donors (Lipinski definition) is 2. The summed E-state index contributed by atoms with van der Waals surface area (Å²) >= 11 is 5.87. The zero-order chi connectivity index (χ0) is 9.97. The Morgan fingerprint density at radius 2 is 2.36 bits per heavy atom. The Morgan fingerprint density at radius 1 is 1.50 bits per heavy atom. The maximum Gasteiger partial charge on any atom is 0.174 e. The van der Waals surface area contributed by atoms with Crippen LogP contribution in [0.25, 0.3) is 11.3 Å². The maximum absolute atomic E-state index is 5.87. The van der Waals surface area contributed by atoms with Gasteiger partial charge in [0.15, 0.2) is 5.15 Å². The first-order valence-corrected chi connectivity index (χ1v) is 4.52. The van der Waals surface area contributed by atoms with Crippen LogP contribution in [0.3, 0.4) is 0 Å². The molecule has 72 valence electrons. The van der Waals surface area contributed by atoms with Crippen molar-refractivity contribution < 1.29 is 0 Å². The predicted octanol–water partition coefficient (Wildman–Crippen LogP) is 2.17. The molecule has 0 atom stereocenters. The fourth-order valence-electron chi connectivity index (χ4n) is 1.27. The van der Waals surface area contributed by atoms with Crippen molar-refractivity contribution in [2.24, 2.45) is 0 Å². The van der Waals surface area contributed by atoms with Crippen LogP contribution in [0.1, 0.15) is 0 Å². The van der Waals surface area contributed by atoms with E-state index in [1.54, 1.807) is 19.4 Å². The number of rotatable bonds is 2. The quantitative estimate of drug-likeness (QED) is 0.795. The SMILES string of the molecule is CNc1c(Cl)n[nH]c1-c1cccnc1. The molecule has 14 heavy (non-hydrogen) atoms. The standard InChI is InChI=1S/C9H9ClN4/c1-11-8-7(13-14-9(8)10)6-3-2-4-12-5-6/h2-5,11H,1H3,(H,13,14). The lowest BCUT2D eigenvalue weighted by molar-refractivity contribution is 1.09. The van der Waals surface area contributed by atoms with Crippen molar-refractivity contribution in [2.75, 3.05) is 12.4 Å². The van der Waals surface area contributed by atoms with E-state index in [0.717, 1.165) is 16.9 Å². The summed E-state index contributed by atoms with van der Waals surface area (Å²) in [6, 6.07) is 3.81. The van der Waals surface area contributed by atoms with Crippen LogP contribution in [-0.2, 0) is 0 Å². The molecule has 0 radical (unpaired) electrons. The molecule has 4 nitrogen and oxygen atoms in total. The Hall–Kier alpha value is -1.55. The minimum absolute atomic E-state index is 0.436. The zero-order valence-corrected chi connectivity index (χ0v) is 8.34. The van der Waals surface area contributed by atoms with Crippen molar-refractivity contribution in [3.05, 3.63) is 29.7 Å². The van der Waals surface area contributed by atoms with Crippen LogP contribution in [0.15, 0.2) is 24.5 Å². The van der Waals surface area contributed by atoms with Crippen LogP contribution < -0.4 is 5.32 Å². The van der Waals surface area contributed by atoms with Gasteiger partial charge < -0.3 is 5.32 Å². The van der Waals surface area contributed by atoms with E-state index in [2.05, 4.69) is 20.5 Å². The molecule has 0 spiro atoms. The molecule has 0 aliphatic rings. The topological polar surface area (TPSA) is 53.6 Å². The van der Waals surface area contributed by atoms with Gasteiger partial charge in [-0.1, -0.05) is 11.6 Å². The largest absolute Gasteiger partial charge is 0.384 e. The Labute approximate surface area is 86.3 Å². The second-order valence-corrected chi connectivity index (χ2v) is 3.11. The van der Waals surface area contributed by atoms with Crippen molar-refractivity contribution in [3.63, 3.8) is 0 Å². The van der Waals surface area contributed by atoms with E-state index in [1.807, 2.05) is 12.1 Å². The molecule has 0 aromatic carbocycles. The van der Waals surface area contributed by atoms with Gasteiger partial charge in [-0.2, -0.15) is 5.10 Å². The Kier molecular flexibility index (Phi) is 2.37. The zero-order valence-electron chi connectivity index (χ0n) is 7.58. The first-order chi connectivity index (χ1) is 6.83. The van der Waals surface area contributed by atoms with Crippen LogP contribution in [0.2, 0.25) is 5.15 Å². The molecule has 0 saturated carbocycles. The molecule has 0 aliphatic heterocycles. The van der Waals surface area contributed by atoms with Crippen LogP contribution >= 0.6 is 11.6 Å². The number of aromatic amines is 1. The lowest BCUT2D eigenvalue weighted by Gasteiger charge is -2.01. The van der Waals surface area contributed by atoms with Crippen molar-refractivity contribution in [1.82, 2.24) is 15.2 Å². The lowest BCUT2D eigenvalue weighted by atomic mass is 10.2. The highest BCUT2D eigenvalue weighted by Crippen LogP contribution is 2.30. The number of hydrogen-bond acceptors (Lipinski definition) is 3. The molecule has 2 rings (SSSR count). The Balaban J connectivity index is 2.52. The normalized spacial score (nSPS) is 10.1. The molecule has 0 aliphatic carbocycles. The summed E-state index contributed by atoms with van der Waals surface area (Å²) in [6.45, 7) is 0. The van der Waals surface area contributed by atoms with E-state index in [9.17, 15) is 0 Å². The Morgan fingerprint density at radius 3 is 3.00 bits per heavy atom. The van der Waals surface area contributed by atoms with E-state index in [0.29, 0.717) is 5.15 Å². The molecule has 0 unspecified atom stereocenters. The second-order valence-electron chi connectivity index (χ2n) is 2.76. The minimum atomic E-state index is 0.436. The average molecular weight is 209 g/mol. The van der Waals surface area contributed by atoms with Crippen molar-refractivity contribution in [1.29, 1.82) is 0 Å². The van der Waals surface area contributed by atoms with Crippen molar-refractivity contribution in [2.45, 2.75) is 0 Å². The summed E-state index contributed by atoms with van der Waals surface area (Å²) in [5.74, 6) is 0. The van der Waals surface area contributed by atoms with E-state index in [1.165, 1.54) is 0 Å². The third-order valence-corrected chi connectivity index (χ3v) is 2.20. The number of H-pyrrole nitrogens is 1. The van der Waals surface area contributed by atoms with Gasteiger partial charge in [-0.25, -0.2) is 0 Å². The van der Waals surface area contributed by atoms with E-state index in [-0.39, 0.29) is 0 Å². The van der Waals surface area contributed by atoms with Gasteiger partial charge in [0, 0.05) is 25.0 Å². The van der Waals surface area contributed by atoms with E-state index < -0.39 is 0 Å². The number of anilines is 1. The van der Waals surface area contributed by atoms with E-state index >= 15 is 0 Å². The number of aromatic nitrogens is 3. The van der Waals surface area contributed by atoms with Gasteiger partial charge in [0.05, 0.1) is 11.4 Å². The monoisotopic (exact) mass is 208 g/mol. The summed E-state index contributed by atoms with van der Waals surface area (Å²) in [4.78, 5) is 4.03. The molecule has 2 aromatic rings. The highest BCUT2D eigenvalue weighted by atomic mass is 35.5. The molecule has 0 saturated heterocycles. The third kappa shape index (κ3) is 1.44. The van der Waals surface area contributed by atoms with Crippen LogP contribution in [-0.4, -0.2) is 22.2 Å². The van der Waals surface area contributed by atoms with Gasteiger partial charge in [-0.15, -0.1) is 0 Å². The van der Waals surface area contributed by atoms with Gasteiger partial charge in [0.1, 0.15) is 0 Å². The molecule has 0 amide bonds. The van der Waals surface area contributed by atoms with Gasteiger partial charge >= 0.3 is 0 Å². The molecule has 0 bridgehead atoms. The molecule has 2 N–H and O–H groups in total. The highest BCUT2D eigenvalue weighted by Gasteiger charge is 2.10. The number of nitrogens with one attached hydrogen (secondary N) is 2. The van der Waals surface area contributed by atoms with Gasteiger partial charge in [-0.3, -0.25) is 10.1 Å². The fourth-order valence-corrected chi connectivity index (χ4v) is 1.50. The summed E-state index contributed by atoms with van der Waals surface area (Å²) in [5.41, 5.74) is 2.60. The number of halogens is 1. The van der Waals surface area contributed by atoms with Crippen LogP contribution in [0, 0.1) is 0 Å². The lowest BCUT2D eigenvalue weighted by Crippen LogP contribution is -1.89. The van der Waals surface area contributed by atoms with Crippen LogP contribution in [0.5, 0.6) is 0 Å². The summed E-state index contributed by atoms with van der Waals surface area (Å²) < 4.78 is 0. The first kappa shape index (κ1) is 9.02. The number of pyridine rings is 1. The number of nitrogens with zero attached hydrogens (tertiary/aromatic N) is 2. The first-order valence-electron chi connectivity index (χ1n) is 4.15. The fraction of sp³-hybridized carbons (Fsp3) is 0.111. The smallest absolute Gasteiger partial charge is 0.174 e. The molecule has 0 fully saturated rings. The summed E-state index contributed by atoms with van der Waals surface area (Å²) in [6.07, 6.45) is 3.48. The Bertz CT molecular complexity index is 424. The minimum Gasteiger partial charge on any atom is -0.384 e. The average Bonchev–Trinajstić information content (AvgIpc) is 2.61. The maximum atomic E-state index is 5.87. The predicted molar refractivity (Wildman–Crippen MR) is 56.4 cm³/mol. The second kappa shape index (κ2) is 3.67. The van der Waals surface area contributed by atoms with Gasteiger partial charge in [0.25, 0.3) is 0 Å².